The Morgan fingerprint density at radius 2 is 1.56 bits per heavy atom. The third-order valence-electron chi connectivity index (χ3n) is 3.16. The predicted molar refractivity (Wildman–Crippen MR) is 62.2 cm³/mol. The molecule has 2 rings (SSSR count). The van der Waals surface area contributed by atoms with Gasteiger partial charge in [0.05, 0.1) is 10.1 Å². The normalized spacial score (nSPS) is 18.5. The molecule has 1 aliphatic rings. The molecule has 0 aliphatic heterocycles. The van der Waals surface area contributed by atoms with Crippen LogP contribution in [0.3, 0.4) is 0 Å². The summed E-state index contributed by atoms with van der Waals surface area (Å²) in [7, 11) is -3.19. The molecule has 0 spiro atoms. The standard InChI is InChI=1S/C12H16O3S/c13-10-6-8-12(9-7-10)16(14,15)11-4-2-1-3-5-11/h6-9,11,13H,1-5H2. The van der Waals surface area contributed by atoms with Crippen LogP contribution in [0.1, 0.15) is 32.1 Å². The topological polar surface area (TPSA) is 54.4 Å². The van der Waals surface area contributed by atoms with Crippen molar-refractivity contribution in [2.75, 3.05) is 0 Å². The highest BCUT2D eigenvalue weighted by Gasteiger charge is 2.28. The lowest BCUT2D eigenvalue weighted by molar-refractivity contribution is 0.474. The van der Waals surface area contributed by atoms with Crippen LogP contribution in [0.2, 0.25) is 0 Å². The Balaban J connectivity index is 2.27. The van der Waals surface area contributed by atoms with Gasteiger partial charge in [0.1, 0.15) is 5.75 Å². The van der Waals surface area contributed by atoms with E-state index >= 15 is 0 Å². The Bertz CT molecular complexity index is 442. The SMILES string of the molecule is O=S(=O)(c1ccc(O)cc1)C1CCCCC1. The van der Waals surface area contributed by atoms with Gasteiger partial charge in [-0.2, -0.15) is 0 Å². The molecular weight excluding hydrogens is 224 g/mol. The zero-order chi connectivity index (χ0) is 11.6. The first-order chi connectivity index (χ1) is 7.60. The van der Waals surface area contributed by atoms with Gasteiger partial charge in [-0.3, -0.25) is 0 Å². The van der Waals surface area contributed by atoms with Gasteiger partial charge < -0.3 is 5.11 Å². The lowest BCUT2D eigenvalue weighted by atomic mass is 10.0. The molecule has 1 fully saturated rings. The molecule has 0 unspecified atom stereocenters. The second kappa shape index (κ2) is 4.45. The zero-order valence-electron chi connectivity index (χ0n) is 9.09. The third kappa shape index (κ3) is 2.21. The summed E-state index contributed by atoms with van der Waals surface area (Å²) in [6.45, 7) is 0. The minimum Gasteiger partial charge on any atom is -0.508 e. The average molecular weight is 240 g/mol. The maximum Gasteiger partial charge on any atom is 0.181 e. The number of hydrogen-bond acceptors (Lipinski definition) is 3. The molecule has 88 valence electrons. The van der Waals surface area contributed by atoms with Gasteiger partial charge in [0.25, 0.3) is 0 Å². The summed E-state index contributed by atoms with van der Waals surface area (Å²) < 4.78 is 24.4. The summed E-state index contributed by atoms with van der Waals surface area (Å²) in [6.07, 6.45) is 4.68. The van der Waals surface area contributed by atoms with Crippen LogP contribution in [-0.2, 0) is 9.84 Å². The quantitative estimate of drug-likeness (QED) is 0.864. The molecule has 4 heteroatoms. The van der Waals surface area contributed by atoms with Crippen molar-refractivity contribution >= 4 is 9.84 Å². The van der Waals surface area contributed by atoms with E-state index in [1.165, 1.54) is 24.3 Å². The minimum atomic E-state index is -3.19. The van der Waals surface area contributed by atoms with E-state index in [1.54, 1.807) is 0 Å². The van der Waals surface area contributed by atoms with E-state index in [-0.39, 0.29) is 11.0 Å². The molecule has 0 radical (unpaired) electrons. The summed E-state index contributed by atoms with van der Waals surface area (Å²) in [5.74, 6) is 0.0996. The van der Waals surface area contributed by atoms with Crippen molar-refractivity contribution < 1.29 is 13.5 Å². The number of benzene rings is 1. The van der Waals surface area contributed by atoms with Crippen LogP contribution in [0.4, 0.5) is 0 Å². The Morgan fingerprint density at radius 1 is 1.00 bits per heavy atom. The molecule has 16 heavy (non-hydrogen) atoms. The molecule has 0 atom stereocenters. The van der Waals surface area contributed by atoms with Crippen molar-refractivity contribution in [3.8, 4) is 5.75 Å². The van der Waals surface area contributed by atoms with Crippen molar-refractivity contribution in [3.05, 3.63) is 24.3 Å². The molecule has 3 nitrogen and oxygen atoms in total. The van der Waals surface area contributed by atoms with E-state index in [1.807, 2.05) is 0 Å². The van der Waals surface area contributed by atoms with E-state index < -0.39 is 9.84 Å². The van der Waals surface area contributed by atoms with Gasteiger partial charge in [-0.15, -0.1) is 0 Å². The monoisotopic (exact) mass is 240 g/mol. The molecule has 0 aromatic heterocycles. The van der Waals surface area contributed by atoms with Crippen molar-refractivity contribution in [1.82, 2.24) is 0 Å². The predicted octanol–water partition coefficient (Wildman–Crippen LogP) is 2.50. The number of phenols is 1. The Hall–Kier alpha value is -1.03. The van der Waals surface area contributed by atoms with Crippen LogP contribution in [0.25, 0.3) is 0 Å². The largest absolute Gasteiger partial charge is 0.508 e. The van der Waals surface area contributed by atoms with E-state index in [0.717, 1.165) is 32.1 Å². The van der Waals surface area contributed by atoms with E-state index in [4.69, 9.17) is 5.11 Å². The van der Waals surface area contributed by atoms with Gasteiger partial charge >= 0.3 is 0 Å². The van der Waals surface area contributed by atoms with Gasteiger partial charge in [-0.1, -0.05) is 19.3 Å². The molecule has 0 saturated heterocycles. The summed E-state index contributed by atoms with van der Waals surface area (Å²) in [5, 5.41) is 8.91. The van der Waals surface area contributed by atoms with Crippen LogP contribution in [0.15, 0.2) is 29.2 Å². The number of aromatic hydroxyl groups is 1. The fourth-order valence-corrected chi connectivity index (χ4v) is 4.06. The second-order valence-electron chi connectivity index (χ2n) is 4.30. The molecule has 1 aromatic carbocycles. The highest BCUT2D eigenvalue weighted by atomic mass is 32.2. The number of rotatable bonds is 2. The van der Waals surface area contributed by atoms with Crippen molar-refractivity contribution in [1.29, 1.82) is 0 Å². The minimum absolute atomic E-state index is 0.0996. The van der Waals surface area contributed by atoms with Gasteiger partial charge in [0.15, 0.2) is 9.84 Å². The second-order valence-corrected chi connectivity index (χ2v) is 6.53. The fraction of sp³-hybridized carbons (Fsp3) is 0.500. The molecule has 1 aromatic rings. The van der Waals surface area contributed by atoms with Gasteiger partial charge in [-0.05, 0) is 37.1 Å². The van der Waals surface area contributed by atoms with Gasteiger partial charge in [-0.25, -0.2) is 8.42 Å². The van der Waals surface area contributed by atoms with Crippen molar-refractivity contribution in [2.24, 2.45) is 0 Å². The maximum atomic E-state index is 12.2. The third-order valence-corrected chi connectivity index (χ3v) is 5.43. The number of phenolic OH excluding ortho intramolecular Hbond substituents is 1. The lowest BCUT2D eigenvalue weighted by Gasteiger charge is -2.21. The first kappa shape index (κ1) is 11.5. The smallest absolute Gasteiger partial charge is 0.181 e. The Kier molecular flexibility index (Phi) is 3.19. The molecule has 0 amide bonds. The molecule has 0 heterocycles. The lowest BCUT2D eigenvalue weighted by Crippen LogP contribution is -2.23. The van der Waals surface area contributed by atoms with Crippen molar-refractivity contribution in [2.45, 2.75) is 42.2 Å². The van der Waals surface area contributed by atoms with Crippen LogP contribution < -0.4 is 0 Å². The summed E-state index contributed by atoms with van der Waals surface area (Å²) >= 11 is 0. The zero-order valence-corrected chi connectivity index (χ0v) is 9.91. The summed E-state index contributed by atoms with van der Waals surface area (Å²) in [4.78, 5) is 0.331. The van der Waals surface area contributed by atoms with Crippen LogP contribution >= 0.6 is 0 Å². The van der Waals surface area contributed by atoms with E-state index in [2.05, 4.69) is 0 Å². The maximum absolute atomic E-state index is 12.2. The Labute approximate surface area is 96.0 Å². The van der Waals surface area contributed by atoms with Gasteiger partial charge in [0, 0.05) is 0 Å². The number of hydrogen-bond donors (Lipinski definition) is 1. The van der Waals surface area contributed by atoms with Gasteiger partial charge in [0.2, 0.25) is 0 Å². The Morgan fingerprint density at radius 3 is 2.12 bits per heavy atom. The summed E-state index contributed by atoms with van der Waals surface area (Å²) in [5.41, 5.74) is 0. The first-order valence-electron chi connectivity index (χ1n) is 5.63. The van der Waals surface area contributed by atoms with Crippen LogP contribution in [0, 0.1) is 0 Å². The number of sulfone groups is 1. The van der Waals surface area contributed by atoms with Crippen LogP contribution in [-0.4, -0.2) is 18.8 Å². The molecule has 1 aliphatic carbocycles. The van der Waals surface area contributed by atoms with Crippen LogP contribution in [0.5, 0.6) is 5.75 Å². The molecular formula is C12H16O3S. The average Bonchev–Trinajstić information content (AvgIpc) is 2.31. The highest BCUT2D eigenvalue weighted by molar-refractivity contribution is 7.92. The summed E-state index contributed by atoms with van der Waals surface area (Å²) in [6, 6.07) is 5.82. The van der Waals surface area contributed by atoms with E-state index in [9.17, 15) is 8.42 Å². The molecule has 0 bridgehead atoms. The van der Waals surface area contributed by atoms with Crippen molar-refractivity contribution in [3.63, 3.8) is 0 Å². The highest BCUT2D eigenvalue weighted by Crippen LogP contribution is 2.29. The molecule has 1 saturated carbocycles. The fourth-order valence-electron chi connectivity index (χ4n) is 2.20. The first-order valence-corrected chi connectivity index (χ1v) is 7.18. The van der Waals surface area contributed by atoms with E-state index in [0.29, 0.717) is 4.90 Å². The molecule has 1 N–H and O–H groups in total.